The average molecular weight is 456 g/mol. The third-order valence-electron chi connectivity index (χ3n) is 5.38. The van der Waals surface area contributed by atoms with Gasteiger partial charge in [-0.15, -0.1) is 0 Å². The van der Waals surface area contributed by atoms with Crippen molar-refractivity contribution >= 4 is 21.6 Å². The molecule has 3 aromatic rings. The van der Waals surface area contributed by atoms with Gasteiger partial charge in [0.15, 0.2) is 0 Å². The summed E-state index contributed by atoms with van der Waals surface area (Å²) in [4.78, 5) is 21.2. The van der Waals surface area contributed by atoms with E-state index in [0.717, 1.165) is 0 Å². The number of amides is 1. The fourth-order valence-electron chi connectivity index (χ4n) is 3.63. The van der Waals surface area contributed by atoms with E-state index >= 15 is 0 Å². The molecule has 9 nitrogen and oxygen atoms in total. The molecule has 0 aliphatic carbocycles. The molecule has 0 radical (unpaired) electrons. The molecule has 0 unspecified atom stereocenters. The maximum absolute atomic E-state index is 12.9. The molecule has 1 fully saturated rings. The van der Waals surface area contributed by atoms with Crippen LogP contribution in [0.1, 0.15) is 19.8 Å². The largest absolute Gasteiger partial charge is 0.494 e. The molecule has 1 aliphatic heterocycles. The van der Waals surface area contributed by atoms with Crippen LogP contribution in [-0.4, -0.2) is 52.9 Å². The Morgan fingerprint density at radius 2 is 1.91 bits per heavy atom. The summed E-state index contributed by atoms with van der Waals surface area (Å²) in [6, 6.07) is 10.00. The molecule has 3 heterocycles. The van der Waals surface area contributed by atoms with Gasteiger partial charge < -0.3 is 10.1 Å². The van der Waals surface area contributed by atoms with Crippen LogP contribution >= 0.6 is 0 Å². The van der Waals surface area contributed by atoms with E-state index in [1.165, 1.54) is 4.31 Å². The lowest BCUT2D eigenvalue weighted by atomic mass is 9.97. The van der Waals surface area contributed by atoms with E-state index in [1.807, 2.05) is 6.92 Å². The Kier molecular flexibility index (Phi) is 6.52. The van der Waals surface area contributed by atoms with Gasteiger partial charge >= 0.3 is 0 Å². The number of carbonyl (C=O) groups is 1. The topological polar surface area (TPSA) is 106 Å². The van der Waals surface area contributed by atoms with Crippen LogP contribution in [-0.2, 0) is 14.8 Å². The second kappa shape index (κ2) is 9.49. The normalized spacial score (nSPS) is 15.4. The maximum atomic E-state index is 12.9. The number of rotatable bonds is 7. The molecular formula is C22H25N5O4S. The second-order valence-corrected chi connectivity index (χ2v) is 9.38. The van der Waals surface area contributed by atoms with E-state index in [0.29, 0.717) is 49.8 Å². The van der Waals surface area contributed by atoms with Crippen molar-refractivity contribution in [3.63, 3.8) is 0 Å². The van der Waals surface area contributed by atoms with Crippen LogP contribution in [0.15, 0.2) is 66.2 Å². The number of imidazole rings is 1. The Morgan fingerprint density at radius 3 is 2.50 bits per heavy atom. The lowest BCUT2D eigenvalue weighted by molar-refractivity contribution is -0.120. The predicted molar refractivity (Wildman–Crippen MR) is 119 cm³/mol. The summed E-state index contributed by atoms with van der Waals surface area (Å²) < 4.78 is 34.4. The zero-order chi connectivity index (χ0) is 22.6. The number of benzene rings is 1. The quantitative estimate of drug-likeness (QED) is 0.587. The minimum absolute atomic E-state index is 0.125. The molecule has 0 bridgehead atoms. The number of hydrogen-bond acceptors (Lipinski definition) is 6. The van der Waals surface area contributed by atoms with Crippen molar-refractivity contribution in [3.8, 4) is 11.6 Å². The van der Waals surface area contributed by atoms with Crippen LogP contribution in [0.25, 0.3) is 5.82 Å². The molecule has 2 aromatic heterocycles. The van der Waals surface area contributed by atoms with Crippen LogP contribution in [0.2, 0.25) is 0 Å². The van der Waals surface area contributed by atoms with E-state index in [9.17, 15) is 13.2 Å². The lowest BCUT2D eigenvalue weighted by Crippen LogP contribution is -2.41. The summed E-state index contributed by atoms with van der Waals surface area (Å²) in [6.45, 7) is 2.99. The minimum atomic E-state index is -3.60. The van der Waals surface area contributed by atoms with E-state index in [1.54, 1.807) is 65.9 Å². The van der Waals surface area contributed by atoms with Crippen LogP contribution in [0.4, 0.5) is 5.69 Å². The van der Waals surface area contributed by atoms with Crippen molar-refractivity contribution in [2.75, 3.05) is 25.0 Å². The van der Waals surface area contributed by atoms with Crippen LogP contribution in [0, 0.1) is 5.92 Å². The zero-order valence-corrected chi connectivity index (χ0v) is 18.5. The van der Waals surface area contributed by atoms with Crippen molar-refractivity contribution in [1.29, 1.82) is 0 Å². The van der Waals surface area contributed by atoms with Gasteiger partial charge in [-0.25, -0.2) is 18.4 Å². The van der Waals surface area contributed by atoms with Gasteiger partial charge in [-0.3, -0.25) is 9.36 Å². The predicted octanol–water partition coefficient (Wildman–Crippen LogP) is 2.71. The summed E-state index contributed by atoms with van der Waals surface area (Å²) in [5.74, 6) is 0.957. The Morgan fingerprint density at radius 1 is 1.16 bits per heavy atom. The first kappa shape index (κ1) is 22.0. The number of carbonyl (C=O) groups excluding carboxylic acids is 1. The molecule has 1 saturated heterocycles. The van der Waals surface area contributed by atoms with Crippen molar-refractivity contribution in [1.82, 2.24) is 18.8 Å². The van der Waals surface area contributed by atoms with E-state index in [4.69, 9.17) is 4.74 Å². The molecule has 0 saturated carbocycles. The number of nitrogens with one attached hydrogen (secondary N) is 1. The summed E-state index contributed by atoms with van der Waals surface area (Å²) in [5, 5.41) is 2.88. The number of sulfonamides is 1. The summed E-state index contributed by atoms with van der Waals surface area (Å²) in [5.41, 5.74) is 0.600. The Labute approximate surface area is 187 Å². The smallest absolute Gasteiger partial charge is 0.243 e. The molecule has 1 aliphatic rings. The van der Waals surface area contributed by atoms with Gasteiger partial charge in [0.05, 0.1) is 23.4 Å². The van der Waals surface area contributed by atoms with Gasteiger partial charge in [0, 0.05) is 31.4 Å². The van der Waals surface area contributed by atoms with Gasteiger partial charge in [0.25, 0.3) is 0 Å². The highest BCUT2D eigenvalue weighted by Crippen LogP contribution is 2.26. The second-order valence-electron chi connectivity index (χ2n) is 7.45. The Hall–Kier alpha value is -3.24. The first-order chi connectivity index (χ1) is 15.5. The number of anilines is 1. The fourth-order valence-corrected chi connectivity index (χ4v) is 5.10. The highest BCUT2D eigenvalue weighted by Gasteiger charge is 2.32. The molecule has 10 heteroatoms. The van der Waals surface area contributed by atoms with Crippen molar-refractivity contribution in [2.45, 2.75) is 24.7 Å². The number of nitrogens with zero attached hydrogens (tertiary/aromatic N) is 4. The molecule has 0 atom stereocenters. The molecule has 1 amide bonds. The summed E-state index contributed by atoms with van der Waals surface area (Å²) in [6.07, 6.45) is 7.62. The van der Waals surface area contributed by atoms with Crippen LogP contribution in [0.3, 0.4) is 0 Å². The minimum Gasteiger partial charge on any atom is -0.494 e. The Balaban J connectivity index is 1.33. The lowest BCUT2D eigenvalue weighted by Gasteiger charge is -2.30. The van der Waals surface area contributed by atoms with Crippen molar-refractivity contribution < 1.29 is 17.9 Å². The highest BCUT2D eigenvalue weighted by atomic mass is 32.2. The molecule has 4 rings (SSSR count). The maximum Gasteiger partial charge on any atom is 0.243 e. The molecule has 1 aromatic carbocycles. The zero-order valence-electron chi connectivity index (χ0n) is 17.7. The van der Waals surface area contributed by atoms with Gasteiger partial charge in [-0.2, -0.15) is 4.31 Å². The van der Waals surface area contributed by atoms with Gasteiger partial charge in [-0.1, -0.05) is 0 Å². The molecule has 0 spiro atoms. The van der Waals surface area contributed by atoms with Gasteiger partial charge in [0.2, 0.25) is 15.9 Å². The van der Waals surface area contributed by atoms with Crippen molar-refractivity contribution in [3.05, 3.63) is 61.3 Å². The molecular weight excluding hydrogens is 430 g/mol. The number of ether oxygens (including phenoxy) is 1. The summed E-state index contributed by atoms with van der Waals surface area (Å²) in [7, 11) is -3.60. The van der Waals surface area contributed by atoms with Crippen molar-refractivity contribution in [2.24, 2.45) is 5.92 Å². The molecule has 168 valence electrons. The summed E-state index contributed by atoms with van der Waals surface area (Å²) >= 11 is 0. The third kappa shape index (κ3) is 4.81. The van der Waals surface area contributed by atoms with Gasteiger partial charge in [-0.05, 0) is 56.2 Å². The first-order valence-corrected chi connectivity index (χ1v) is 11.9. The first-order valence-electron chi connectivity index (χ1n) is 10.5. The van der Waals surface area contributed by atoms with Crippen LogP contribution < -0.4 is 10.1 Å². The number of hydrogen-bond donors (Lipinski definition) is 1. The highest BCUT2D eigenvalue weighted by molar-refractivity contribution is 7.89. The molecule has 1 N–H and O–H groups in total. The standard InChI is InChI=1S/C22H25N5O4S/c1-2-31-19-4-6-20(7-5-19)32(29,30)27-12-9-17(10-13-27)22(28)25-18-3-8-21(24-15-18)26-14-11-23-16-26/h3-8,11,14-17H,2,9-10,12-13H2,1H3,(H,25,28). The third-order valence-corrected chi connectivity index (χ3v) is 7.29. The fraction of sp³-hybridized carbons (Fsp3) is 0.318. The van der Waals surface area contributed by atoms with E-state index in [-0.39, 0.29) is 16.7 Å². The number of aromatic nitrogens is 3. The number of piperidine rings is 1. The monoisotopic (exact) mass is 455 g/mol. The average Bonchev–Trinajstić information content (AvgIpc) is 3.35. The SMILES string of the molecule is CCOc1ccc(S(=O)(=O)N2CCC(C(=O)Nc3ccc(-n4ccnc4)nc3)CC2)cc1. The Bertz CT molecular complexity index is 1140. The number of pyridine rings is 1. The van der Waals surface area contributed by atoms with E-state index < -0.39 is 10.0 Å². The van der Waals surface area contributed by atoms with Crippen LogP contribution in [0.5, 0.6) is 5.75 Å². The van der Waals surface area contributed by atoms with E-state index in [2.05, 4.69) is 15.3 Å². The van der Waals surface area contributed by atoms with Gasteiger partial charge in [0.1, 0.15) is 17.9 Å². The molecule has 32 heavy (non-hydrogen) atoms.